The van der Waals surface area contributed by atoms with Crippen molar-refractivity contribution in [3.05, 3.63) is 42.4 Å². The van der Waals surface area contributed by atoms with Crippen molar-refractivity contribution >= 4 is 29.2 Å². The molecule has 0 aromatic carbocycles. The summed E-state index contributed by atoms with van der Waals surface area (Å²) < 4.78 is 0. The van der Waals surface area contributed by atoms with Crippen LogP contribution in [0.3, 0.4) is 0 Å². The van der Waals surface area contributed by atoms with Gasteiger partial charge in [-0.3, -0.25) is 10.3 Å². The topological polar surface area (TPSA) is 114 Å². The summed E-state index contributed by atoms with van der Waals surface area (Å²) in [4.78, 5) is 20.2. The standard InChI is InChI=1S/C22H27N9/c1-24-21-15(12-23)11-16(13-27-21)19-5-8-25-22(30-19)29-18-3-4-20(26-14-18)28-17-6-9-31(2)10-7-17/h3-5,8,11,13-15,17,21,24H,6-7,9-10H2,1-2H3,(H,26,28)(H,25,29,30). The number of aliphatic imine (C=N–C) groups is 1. The van der Waals surface area contributed by atoms with E-state index in [1.807, 2.05) is 24.3 Å². The first-order valence-electron chi connectivity index (χ1n) is 10.5. The highest BCUT2D eigenvalue weighted by Crippen LogP contribution is 2.22. The molecule has 2 unspecified atom stereocenters. The number of aromatic nitrogens is 3. The van der Waals surface area contributed by atoms with E-state index in [0.29, 0.717) is 17.7 Å². The van der Waals surface area contributed by atoms with Gasteiger partial charge in [0, 0.05) is 24.0 Å². The smallest absolute Gasteiger partial charge is 0.227 e. The fourth-order valence-electron chi connectivity index (χ4n) is 3.72. The molecule has 2 aliphatic rings. The van der Waals surface area contributed by atoms with Gasteiger partial charge in [0.15, 0.2) is 0 Å². The summed E-state index contributed by atoms with van der Waals surface area (Å²) in [7, 11) is 3.95. The second-order valence-corrected chi connectivity index (χ2v) is 7.83. The molecule has 9 nitrogen and oxygen atoms in total. The van der Waals surface area contributed by atoms with E-state index in [1.54, 1.807) is 25.7 Å². The average Bonchev–Trinajstić information content (AvgIpc) is 2.81. The minimum atomic E-state index is -0.342. The lowest BCUT2D eigenvalue weighted by molar-refractivity contribution is 0.263. The molecule has 2 aromatic heterocycles. The van der Waals surface area contributed by atoms with Crippen LogP contribution in [0.1, 0.15) is 18.5 Å². The Morgan fingerprint density at radius 1 is 1.16 bits per heavy atom. The van der Waals surface area contributed by atoms with Crippen LogP contribution in [0.4, 0.5) is 17.5 Å². The first-order valence-corrected chi connectivity index (χ1v) is 10.5. The molecular weight excluding hydrogens is 390 g/mol. The third-order valence-electron chi connectivity index (χ3n) is 5.56. The molecule has 1 saturated heterocycles. The number of rotatable bonds is 6. The van der Waals surface area contributed by atoms with Crippen LogP contribution < -0.4 is 16.0 Å². The zero-order chi connectivity index (χ0) is 21.6. The molecule has 3 N–H and O–H groups in total. The predicted molar refractivity (Wildman–Crippen MR) is 122 cm³/mol. The SMILES string of the molecule is CNC1N=CC(c2ccnc(Nc3ccc(NC4CCN(C)CC4)nc3)n2)=CC1C#N. The molecule has 2 aliphatic heterocycles. The highest BCUT2D eigenvalue weighted by Gasteiger charge is 2.21. The third kappa shape index (κ3) is 5.23. The molecule has 0 amide bonds. The lowest BCUT2D eigenvalue weighted by Gasteiger charge is -2.29. The van der Waals surface area contributed by atoms with E-state index in [9.17, 15) is 5.26 Å². The van der Waals surface area contributed by atoms with Crippen LogP contribution in [0.25, 0.3) is 5.57 Å². The molecule has 2 atom stereocenters. The first-order chi connectivity index (χ1) is 15.1. The lowest BCUT2D eigenvalue weighted by atomic mass is 10.00. The summed E-state index contributed by atoms with van der Waals surface area (Å²) in [6, 6.07) is 8.47. The molecule has 31 heavy (non-hydrogen) atoms. The van der Waals surface area contributed by atoms with Gasteiger partial charge in [-0.1, -0.05) is 6.08 Å². The fourth-order valence-corrected chi connectivity index (χ4v) is 3.72. The van der Waals surface area contributed by atoms with Gasteiger partial charge in [-0.25, -0.2) is 15.0 Å². The molecule has 0 radical (unpaired) electrons. The molecular formula is C22H27N9. The number of pyridine rings is 1. The quantitative estimate of drug-likeness (QED) is 0.656. The Hall–Kier alpha value is -3.35. The van der Waals surface area contributed by atoms with Crippen LogP contribution in [0, 0.1) is 17.2 Å². The summed E-state index contributed by atoms with van der Waals surface area (Å²) >= 11 is 0. The van der Waals surface area contributed by atoms with Gasteiger partial charge in [0.25, 0.3) is 0 Å². The van der Waals surface area contributed by atoms with Gasteiger partial charge in [-0.05, 0) is 58.2 Å². The van der Waals surface area contributed by atoms with Crippen LogP contribution in [-0.4, -0.2) is 65.5 Å². The van der Waals surface area contributed by atoms with Crippen molar-refractivity contribution in [1.82, 2.24) is 25.2 Å². The van der Waals surface area contributed by atoms with E-state index in [0.717, 1.165) is 43.0 Å². The number of likely N-dealkylation sites (tertiary alicyclic amines) is 1. The van der Waals surface area contributed by atoms with Crippen LogP contribution in [0.15, 0.2) is 41.7 Å². The maximum atomic E-state index is 9.38. The Morgan fingerprint density at radius 3 is 2.71 bits per heavy atom. The molecule has 1 fully saturated rings. The second kappa shape index (κ2) is 9.64. The molecule has 0 spiro atoms. The molecule has 4 rings (SSSR count). The number of hydrogen-bond acceptors (Lipinski definition) is 9. The van der Waals surface area contributed by atoms with E-state index < -0.39 is 0 Å². The highest BCUT2D eigenvalue weighted by atomic mass is 15.1. The molecule has 2 aromatic rings. The molecule has 160 valence electrons. The number of nitrogens with zero attached hydrogens (tertiary/aromatic N) is 6. The number of hydrogen-bond donors (Lipinski definition) is 3. The summed E-state index contributed by atoms with van der Waals surface area (Å²) in [5.41, 5.74) is 2.33. The van der Waals surface area contributed by atoms with E-state index in [2.05, 4.69) is 53.9 Å². The Labute approximate surface area is 182 Å². The van der Waals surface area contributed by atoms with Gasteiger partial charge in [0.05, 0.1) is 23.6 Å². The minimum Gasteiger partial charge on any atom is -0.367 e. The zero-order valence-electron chi connectivity index (χ0n) is 17.8. The maximum absolute atomic E-state index is 9.38. The molecule has 0 aliphatic carbocycles. The number of anilines is 3. The van der Waals surface area contributed by atoms with Crippen LogP contribution in [-0.2, 0) is 0 Å². The van der Waals surface area contributed by atoms with Crippen LogP contribution in [0.2, 0.25) is 0 Å². The van der Waals surface area contributed by atoms with E-state index in [4.69, 9.17) is 0 Å². The molecule has 0 bridgehead atoms. The van der Waals surface area contributed by atoms with Crippen molar-refractivity contribution in [3.63, 3.8) is 0 Å². The van der Waals surface area contributed by atoms with Crippen molar-refractivity contribution < 1.29 is 0 Å². The average molecular weight is 418 g/mol. The molecule has 9 heteroatoms. The van der Waals surface area contributed by atoms with Crippen LogP contribution >= 0.6 is 0 Å². The monoisotopic (exact) mass is 417 g/mol. The third-order valence-corrected chi connectivity index (χ3v) is 5.56. The predicted octanol–water partition coefficient (Wildman–Crippen LogP) is 2.27. The summed E-state index contributed by atoms with van der Waals surface area (Å²) in [5, 5.41) is 19.1. The minimum absolute atomic E-state index is 0.235. The van der Waals surface area contributed by atoms with E-state index in [-0.39, 0.29) is 12.1 Å². The first kappa shape index (κ1) is 20.9. The van der Waals surface area contributed by atoms with Crippen molar-refractivity contribution in [3.8, 4) is 6.07 Å². The largest absolute Gasteiger partial charge is 0.367 e. The van der Waals surface area contributed by atoms with Crippen molar-refractivity contribution in [2.75, 3.05) is 37.8 Å². The lowest BCUT2D eigenvalue weighted by Crippen LogP contribution is -2.36. The van der Waals surface area contributed by atoms with Gasteiger partial charge in [0.2, 0.25) is 5.95 Å². The van der Waals surface area contributed by atoms with Crippen molar-refractivity contribution in [1.29, 1.82) is 5.26 Å². The summed E-state index contributed by atoms with van der Waals surface area (Å²) in [5.74, 6) is 0.999. The van der Waals surface area contributed by atoms with E-state index >= 15 is 0 Å². The van der Waals surface area contributed by atoms with Crippen molar-refractivity contribution in [2.24, 2.45) is 10.9 Å². The van der Waals surface area contributed by atoms with Gasteiger partial charge >= 0.3 is 0 Å². The summed E-state index contributed by atoms with van der Waals surface area (Å²) in [6.45, 7) is 2.22. The van der Waals surface area contributed by atoms with Gasteiger partial charge in [-0.2, -0.15) is 5.26 Å². The Morgan fingerprint density at radius 2 is 2.00 bits per heavy atom. The van der Waals surface area contributed by atoms with Crippen molar-refractivity contribution in [2.45, 2.75) is 25.0 Å². The summed E-state index contributed by atoms with van der Waals surface area (Å²) in [6.07, 6.45) is 9.10. The molecule has 4 heterocycles. The Kier molecular flexibility index (Phi) is 6.50. The Bertz CT molecular complexity index is 985. The van der Waals surface area contributed by atoms with Crippen LogP contribution in [0.5, 0.6) is 0 Å². The number of nitriles is 1. The number of piperidine rings is 1. The van der Waals surface area contributed by atoms with Gasteiger partial charge < -0.3 is 15.5 Å². The van der Waals surface area contributed by atoms with Gasteiger partial charge in [0.1, 0.15) is 17.9 Å². The maximum Gasteiger partial charge on any atom is 0.227 e. The second-order valence-electron chi connectivity index (χ2n) is 7.83. The zero-order valence-corrected chi connectivity index (χ0v) is 17.8. The molecule has 0 saturated carbocycles. The number of allylic oxidation sites excluding steroid dienone is 1. The van der Waals surface area contributed by atoms with Gasteiger partial charge in [-0.15, -0.1) is 0 Å². The Balaban J connectivity index is 1.41. The number of dihydropyridines is 1. The fraction of sp³-hybridized carbons (Fsp3) is 0.409. The number of nitrogens with one attached hydrogen (secondary N) is 3. The normalized spacial score (nSPS) is 21.9. The highest BCUT2D eigenvalue weighted by molar-refractivity contribution is 6.09. The van der Waals surface area contributed by atoms with E-state index in [1.165, 1.54) is 0 Å².